The maximum Gasteiger partial charge on any atom is 0.0697 e. The summed E-state index contributed by atoms with van der Waals surface area (Å²) >= 11 is 14.3. The summed E-state index contributed by atoms with van der Waals surface area (Å²) in [5.74, 6) is 0. The van der Waals surface area contributed by atoms with E-state index in [1.807, 2.05) is 0 Å². The van der Waals surface area contributed by atoms with Crippen molar-refractivity contribution in [3.8, 4) is 0 Å². The van der Waals surface area contributed by atoms with Crippen molar-refractivity contribution in [2.75, 3.05) is 0 Å². The summed E-state index contributed by atoms with van der Waals surface area (Å²) in [5.41, 5.74) is 1.20. The average Bonchev–Trinajstić information content (AvgIpc) is 2.04. The monoisotopic (exact) mass is 202 g/mol. The van der Waals surface area contributed by atoms with Gasteiger partial charge in [0.25, 0.3) is 0 Å². The lowest BCUT2D eigenvalue weighted by molar-refractivity contribution is 0.776. The van der Waals surface area contributed by atoms with Crippen LogP contribution in [0.2, 0.25) is 0 Å². The van der Waals surface area contributed by atoms with Gasteiger partial charge in [0.2, 0.25) is 0 Å². The predicted molar refractivity (Wildman–Crippen MR) is 56.3 cm³/mol. The Hall–Kier alpha value is 0.270. The summed E-state index contributed by atoms with van der Waals surface area (Å²) < 4.78 is 1.66. The predicted octanol–water partition coefficient (Wildman–Crippen LogP) is 3.65. The van der Waals surface area contributed by atoms with E-state index in [9.17, 15) is 0 Å². The summed E-state index contributed by atoms with van der Waals surface area (Å²) in [4.78, 5) is 0.957. The number of hydrogen-bond donors (Lipinski definition) is 1. The molecule has 0 heterocycles. The van der Waals surface area contributed by atoms with Crippen LogP contribution in [-0.2, 0) is 6.42 Å². The molecule has 0 atom stereocenters. The normalized spacial score (nSPS) is 10.7. The fourth-order valence-electron chi connectivity index (χ4n) is 1.01. The van der Waals surface area contributed by atoms with Crippen LogP contribution in [0, 0.1) is 9.02 Å². The number of hydrogen-bond acceptors (Lipinski definition) is 3. The Morgan fingerprint density at radius 1 is 1.27 bits per heavy atom. The van der Waals surface area contributed by atoms with Crippen LogP contribution < -0.4 is 0 Å². The van der Waals surface area contributed by atoms with E-state index in [1.54, 1.807) is 0 Å². The Morgan fingerprint density at radius 3 is 2.36 bits per heavy atom. The zero-order chi connectivity index (χ0) is 8.43. The van der Waals surface area contributed by atoms with Crippen LogP contribution in [0.25, 0.3) is 0 Å². The molecular formula is C8H10S3. The van der Waals surface area contributed by atoms with E-state index in [-0.39, 0.29) is 0 Å². The van der Waals surface area contributed by atoms with E-state index in [0.29, 0.717) is 0 Å². The van der Waals surface area contributed by atoms with Crippen LogP contribution in [-0.4, -0.2) is 0 Å². The highest BCUT2D eigenvalue weighted by molar-refractivity contribution is 7.81. The lowest BCUT2D eigenvalue weighted by atomic mass is 10.1. The first-order valence-electron chi connectivity index (χ1n) is 3.69. The highest BCUT2D eigenvalue weighted by Gasteiger charge is 2.09. The van der Waals surface area contributed by atoms with Crippen molar-refractivity contribution >= 4 is 37.1 Å². The van der Waals surface area contributed by atoms with E-state index in [1.165, 1.54) is 18.4 Å². The zero-order valence-corrected chi connectivity index (χ0v) is 8.91. The summed E-state index contributed by atoms with van der Waals surface area (Å²) in [5, 5.41) is 0. The molecule has 1 rings (SSSR count). The van der Waals surface area contributed by atoms with Crippen LogP contribution in [0.3, 0.4) is 0 Å². The molecule has 11 heavy (non-hydrogen) atoms. The van der Waals surface area contributed by atoms with E-state index >= 15 is 0 Å². The van der Waals surface area contributed by atoms with E-state index in [4.69, 9.17) is 24.4 Å². The summed E-state index contributed by atoms with van der Waals surface area (Å²) in [7, 11) is 0. The maximum absolute atomic E-state index is 5.07. The van der Waals surface area contributed by atoms with Gasteiger partial charge in [0, 0.05) is 4.90 Å². The first kappa shape index (κ1) is 9.36. The van der Waals surface area contributed by atoms with Gasteiger partial charge in [0.05, 0.1) is 9.02 Å². The van der Waals surface area contributed by atoms with E-state index < -0.39 is 0 Å². The highest BCUT2D eigenvalue weighted by atomic mass is 32.1. The second-order valence-electron chi connectivity index (χ2n) is 2.59. The molecule has 0 amide bonds. The third-order valence-corrected chi connectivity index (χ3v) is 3.39. The molecule has 0 fully saturated rings. The molecule has 60 valence electrons. The fraction of sp³-hybridized carbons (Fsp3) is 0.500. The maximum atomic E-state index is 5.07. The molecule has 0 unspecified atom stereocenters. The molecule has 0 nitrogen and oxygen atoms in total. The first-order valence-corrected chi connectivity index (χ1v) is 4.96. The third kappa shape index (κ3) is 1.71. The standard InChI is InChI=1S/C8H10S3/c1-2-3-4-5-6(9)8(11)7(5)10/h9H,2-4H2,1H3. The molecule has 0 aromatic heterocycles. The third-order valence-electron chi connectivity index (χ3n) is 1.76. The molecule has 3 heteroatoms. The number of thiol groups is 1. The van der Waals surface area contributed by atoms with Crippen LogP contribution in [0.15, 0.2) is 4.90 Å². The summed E-state index contributed by atoms with van der Waals surface area (Å²) in [6, 6.07) is 0. The average molecular weight is 202 g/mol. The molecule has 0 radical (unpaired) electrons. The van der Waals surface area contributed by atoms with Gasteiger partial charge in [-0.1, -0.05) is 37.8 Å². The van der Waals surface area contributed by atoms with Crippen molar-refractivity contribution in [1.82, 2.24) is 0 Å². The fourth-order valence-corrected chi connectivity index (χ4v) is 2.05. The Kier molecular flexibility index (Phi) is 3.22. The largest absolute Gasteiger partial charge is 0.142 e. The minimum atomic E-state index is 0.787. The van der Waals surface area contributed by atoms with Gasteiger partial charge in [-0.2, -0.15) is 0 Å². The molecule has 0 saturated heterocycles. The Morgan fingerprint density at radius 2 is 1.91 bits per heavy atom. The Labute approximate surface area is 82.7 Å². The molecule has 0 aliphatic carbocycles. The van der Waals surface area contributed by atoms with Crippen molar-refractivity contribution in [1.29, 1.82) is 0 Å². The Balaban J connectivity index is 2.75. The number of rotatable bonds is 3. The van der Waals surface area contributed by atoms with Crippen molar-refractivity contribution < 1.29 is 0 Å². The van der Waals surface area contributed by atoms with Gasteiger partial charge in [0.1, 0.15) is 0 Å². The quantitative estimate of drug-likeness (QED) is 0.587. The molecule has 1 aromatic carbocycles. The van der Waals surface area contributed by atoms with Crippen LogP contribution in [0.1, 0.15) is 25.3 Å². The lowest BCUT2D eigenvalue weighted by Crippen LogP contribution is -1.94. The minimum Gasteiger partial charge on any atom is -0.142 e. The van der Waals surface area contributed by atoms with Gasteiger partial charge in [-0.25, -0.2) is 0 Å². The SMILES string of the molecule is CCCCc1c(S)c(=S)c1=S. The van der Waals surface area contributed by atoms with Crippen molar-refractivity contribution in [2.45, 2.75) is 31.1 Å². The molecule has 0 N–H and O–H groups in total. The molecule has 0 aliphatic heterocycles. The molecule has 0 spiro atoms. The zero-order valence-electron chi connectivity index (χ0n) is 6.39. The van der Waals surface area contributed by atoms with E-state index in [0.717, 1.165) is 20.3 Å². The highest BCUT2D eigenvalue weighted by Crippen LogP contribution is 2.25. The minimum absolute atomic E-state index is 0.787. The van der Waals surface area contributed by atoms with Crippen molar-refractivity contribution in [2.24, 2.45) is 0 Å². The number of unbranched alkanes of at least 4 members (excludes halogenated alkanes) is 1. The molecule has 0 bridgehead atoms. The molecule has 0 saturated carbocycles. The Bertz CT molecular complexity index is 318. The van der Waals surface area contributed by atoms with Gasteiger partial charge in [-0.3, -0.25) is 0 Å². The lowest BCUT2D eigenvalue weighted by Gasteiger charge is -2.07. The van der Waals surface area contributed by atoms with Gasteiger partial charge >= 0.3 is 0 Å². The summed E-state index contributed by atoms with van der Waals surface area (Å²) in [6.07, 6.45) is 3.43. The first-order chi connectivity index (χ1) is 5.18. The smallest absolute Gasteiger partial charge is 0.0697 e. The van der Waals surface area contributed by atoms with Gasteiger partial charge in [0.15, 0.2) is 0 Å². The van der Waals surface area contributed by atoms with Crippen LogP contribution >= 0.6 is 37.1 Å². The van der Waals surface area contributed by atoms with Crippen LogP contribution in [0.5, 0.6) is 0 Å². The second kappa shape index (κ2) is 3.78. The molecular weight excluding hydrogens is 192 g/mol. The summed E-state index contributed by atoms with van der Waals surface area (Å²) in [6.45, 7) is 2.17. The topological polar surface area (TPSA) is 0 Å². The van der Waals surface area contributed by atoms with Gasteiger partial charge in [-0.05, 0) is 18.4 Å². The van der Waals surface area contributed by atoms with Gasteiger partial charge < -0.3 is 0 Å². The van der Waals surface area contributed by atoms with Crippen molar-refractivity contribution in [3.63, 3.8) is 0 Å². The van der Waals surface area contributed by atoms with Crippen molar-refractivity contribution in [3.05, 3.63) is 14.6 Å². The molecule has 0 aliphatic rings. The van der Waals surface area contributed by atoms with E-state index in [2.05, 4.69) is 19.6 Å². The van der Waals surface area contributed by atoms with Crippen LogP contribution in [0.4, 0.5) is 0 Å². The second-order valence-corrected chi connectivity index (χ2v) is 3.85. The van der Waals surface area contributed by atoms with Gasteiger partial charge in [-0.15, -0.1) is 12.6 Å². The molecule has 1 aromatic rings.